The predicted molar refractivity (Wildman–Crippen MR) is 132 cm³/mol. The van der Waals surface area contributed by atoms with E-state index in [-0.39, 0.29) is 24.4 Å². The molecule has 2 heterocycles. The van der Waals surface area contributed by atoms with E-state index in [0.717, 1.165) is 16.6 Å². The molecule has 0 amide bonds. The van der Waals surface area contributed by atoms with Gasteiger partial charge in [-0.3, -0.25) is 4.68 Å². The van der Waals surface area contributed by atoms with Gasteiger partial charge in [-0.25, -0.2) is 9.37 Å². The fraction of sp³-hybridized carbons (Fsp3) is 0.250. The molecule has 0 aliphatic rings. The van der Waals surface area contributed by atoms with Crippen molar-refractivity contribution in [2.45, 2.75) is 33.1 Å². The van der Waals surface area contributed by atoms with Gasteiger partial charge in [0.15, 0.2) is 0 Å². The summed E-state index contributed by atoms with van der Waals surface area (Å²) in [5, 5.41) is 5.32. The van der Waals surface area contributed by atoms with Crippen LogP contribution in [0.25, 0.3) is 22.2 Å². The summed E-state index contributed by atoms with van der Waals surface area (Å²) < 4.78 is 48.9. The summed E-state index contributed by atoms with van der Waals surface area (Å²) >= 11 is 0.272. The summed E-state index contributed by atoms with van der Waals surface area (Å²) in [5.41, 5.74) is 10.3. The van der Waals surface area contributed by atoms with Gasteiger partial charge in [0.25, 0.3) is 0 Å². The maximum atomic E-state index is 13.2. The molecular weight excluding hydrogens is 463 g/mol. The number of nitrogens with two attached hydrogens (primary N) is 1. The molecule has 180 valence electrons. The molecule has 4 aromatic rings. The number of aromatic nitrogens is 3. The number of benzene rings is 2. The van der Waals surface area contributed by atoms with Crippen LogP contribution in [0.15, 0.2) is 48.7 Å². The highest BCUT2D eigenvalue weighted by atomic mass is 32.2. The van der Waals surface area contributed by atoms with Crippen molar-refractivity contribution in [2.75, 3.05) is 10.5 Å². The second-order valence-electron chi connectivity index (χ2n) is 7.13. The van der Waals surface area contributed by atoms with E-state index in [0.29, 0.717) is 33.9 Å². The fourth-order valence-electron chi connectivity index (χ4n) is 3.44. The van der Waals surface area contributed by atoms with Crippen LogP contribution in [-0.2, 0) is 13.7 Å². The molecule has 0 spiro atoms. The monoisotopic (exact) mass is 489 g/mol. The van der Waals surface area contributed by atoms with E-state index in [1.807, 2.05) is 27.8 Å². The Morgan fingerprint density at radius 2 is 1.85 bits per heavy atom. The standard InChI is InChI=1S/C22H20F3N5OS.C2H6/c1-12-10-27-21(26)18-19(28-30(2)20(12)18)14-5-8-16(29-32-22(24)25)17(9-14)31-11-13-3-6-15(23)7-4-13;1-2/h3-10,22,29H,11H2,1-2H3,(H2,26,27);1-2H3. The van der Waals surface area contributed by atoms with E-state index in [4.69, 9.17) is 10.5 Å². The SMILES string of the molecule is CC.Cc1cnc(N)c2c(-c3ccc(NSC(F)F)c(OCc4ccc(F)cc4)c3)nn(C)c12. The Bertz CT molecular complexity index is 1260. The lowest BCUT2D eigenvalue weighted by Crippen LogP contribution is -2.00. The molecular formula is C24H26F3N5OS. The normalized spacial score (nSPS) is 10.8. The third-order valence-electron chi connectivity index (χ3n) is 4.89. The van der Waals surface area contributed by atoms with Gasteiger partial charge >= 0.3 is 5.76 Å². The first-order valence-electron chi connectivity index (χ1n) is 10.6. The summed E-state index contributed by atoms with van der Waals surface area (Å²) in [7, 11) is 1.82. The lowest BCUT2D eigenvalue weighted by Gasteiger charge is -2.14. The van der Waals surface area contributed by atoms with Crippen molar-refractivity contribution in [1.82, 2.24) is 14.8 Å². The zero-order valence-corrected chi connectivity index (χ0v) is 20.1. The maximum Gasteiger partial charge on any atom is 0.302 e. The van der Waals surface area contributed by atoms with Gasteiger partial charge in [-0.05, 0) is 42.3 Å². The number of alkyl halides is 2. The zero-order chi connectivity index (χ0) is 24.8. The Morgan fingerprint density at radius 1 is 1.15 bits per heavy atom. The maximum absolute atomic E-state index is 13.2. The first kappa shape index (κ1) is 25.2. The minimum absolute atomic E-state index is 0.128. The zero-order valence-electron chi connectivity index (χ0n) is 19.3. The molecule has 2 aromatic carbocycles. The van der Waals surface area contributed by atoms with Crippen LogP contribution in [0.1, 0.15) is 25.0 Å². The summed E-state index contributed by atoms with van der Waals surface area (Å²) in [6.45, 7) is 6.05. The number of fused-ring (bicyclic) bond motifs is 1. The molecule has 0 radical (unpaired) electrons. The Labute approximate surface area is 200 Å². The summed E-state index contributed by atoms with van der Waals surface area (Å²) in [4.78, 5) is 4.24. The lowest BCUT2D eigenvalue weighted by atomic mass is 10.1. The topological polar surface area (TPSA) is 78.0 Å². The molecule has 0 saturated carbocycles. The van der Waals surface area contributed by atoms with E-state index >= 15 is 0 Å². The van der Waals surface area contributed by atoms with Gasteiger partial charge in [-0.1, -0.05) is 32.0 Å². The van der Waals surface area contributed by atoms with Gasteiger partial charge in [0, 0.05) is 30.8 Å². The molecule has 0 unspecified atom stereocenters. The van der Waals surface area contributed by atoms with E-state index < -0.39 is 5.76 Å². The van der Waals surface area contributed by atoms with Crippen molar-refractivity contribution in [3.8, 4) is 17.0 Å². The van der Waals surface area contributed by atoms with Gasteiger partial charge in [0.2, 0.25) is 0 Å². The Balaban J connectivity index is 0.00000158. The lowest BCUT2D eigenvalue weighted by molar-refractivity contribution is 0.252. The number of rotatable bonds is 7. The highest BCUT2D eigenvalue weighted by Crippen LogP contribution is 2.37. The summed E-state index contributed by atoms with van der Waals surface area (Å²) in [6.07, 6.45) is 1.69. The van der Waals surface area contributed by atoms with Crippen LogP contribution in [0.5, 0.6) is 5.75 Å². The predicted octanol–water partition coefficient (Wildman–Crippen LogP) is 6.55. The number of nitrogen functional groups attached to an aromatic ring is 1. The number of aryl methyl sites for hydroxylation is 2. The second-order valence-corrected chi connectivity index (χ2v) is 7.93. The molecule has 0 aliphatic carbocycles. The van der Waals surface area contributed by atoms with Crippen LogP contribution in [-0.4, -0.2) is 20.5 Å². The number of halogens is 3. The first-order chi connectivity index (χ1) is 16.3. The van der Waals surface area contributed by atoms with E-state index in [9.17, 15) is 13.2 Å². The molecule has 3 N–H and O–H groups in total. The number of anilines is 2. The number of ether oxygens (including phenoxy) is 1. The van der Waals surface area contributed by atoms with Gasteiger partial charge < -0.3 is 15.2 Å². The third kappa shape index (κ3) is 5.56. The number of nitrogens with one attached hydrogen (secondary N) is 1. The van der Waals surface area contributed by atoms with Crippen LogP contribution in [0.2, 0.25) is 0 Å². The van der Waals surface area contributed by atoms with Gasteiger partial charge in [0.1, 0.15) is 29.7 Å². The van der Waals surface area contributed by atoms with Gasteiger partial charge in [0.05, 0.1) is 16.6 Å². The summed E-state index contributed by atoms with van der Waals surface area (Å²) in [6, 6.07) is 11.0. The Kier molecular flexibility index (Phi) is 8.27. The van der Waals surface area contributed by atoms with Crippen LogP contribution in [0, 0.1) is 12.7 Å². The molecule has 0 saturated heterocycles. The highest BCUT2D eigenvalue weighted by molar-refractivity contribution is 8.00. The van der Waals surface area contributed by atoms with Crippen LogP contribution in [0.3, 0.4) is 0 Å². The quantitative estimate of drug-likeness (QED) is 0.287. The molecule has 4 rings (SSSR count). The number of nitrogens with zero attached hydrogens (tertiary/aromatic N) is 3. The van der Waals surface area contributed by atoms with Crippen molar-refractivity contribution in [1.29, 1.82) is 0 Å². The largest absolute Gasteiger partial charge is 0.487 e. The number of hydrogen-bond acceptors (Lipinski definition) is 6. The smallest absolute Gasteiger partial charge is 0.302 e. The number of pyridine rings is 1. The van der Waals surface area contributed by atoms with E-state index in [1.54, 1.807) is 41.2 Å². The molecule has 0 aliphatic heterocycles. The van der Waals surface area contributed by atoms with Crippen molar-refractivity contribution in [3.63, 3.8) is 0 Å². The molecule has 0 bridgehead atoms. The number of hydrogen-bond donors (Lipinski definition) is 2. The van der Waals surface area contributed by atoms with Crippen LogP contribution < -0.4 is 15.2 Å². The first-order valence-corrected chi connectivity index (χ1v) is 11.5. The minimum Gasteiger partial charge on any atom is -0.487 e. The Morgan fingerprint density at radius 3 is 2.53 bits per heavy atom. The average molecular weight is 490 g/mol. The average Bonchev–Trinajstić information content (AvgIpc) is 3.19. The molecule has 6 nitrogen and oxygen atoms in total. The molecule has 2 aromatic heterocycles. The fourth-order valence-corrected chi connectivity index (χ4v) is 3.82. The summed E-state index contributed by atoms with van der Waals surface area (Å²) in [5.74, 6) is -2.26. The minimum atomic E-state index is -2.60. The Hall–Kier alpha value is -3.40. The molecule has 34 heavy (non-hydrogen) atoms. The highest BCUT2D eigenvalue weighted by Gasteiger charge is 2.18. The van der Waals surface area contributed by atoms with Crippen molar-refractivity contribution >= 4 is 34.4 Å². The van der Waals surface area contributed by atoms with E-state index in [2.05, 4.69) is 14.8 Å². The van der Waals surface area contributed by atoms with Gasteiger partial charge in [-0.2, -0.15) is 13.9 Å². The molecule has 0 fully saturated rings. The second kappa shape index (κ2) is 11.1. The van der Waals surface area contributed by atoms with Crippen LogP contribution >= 0.6 is 11.9 Å². The third-order valence-corrected chi connectivity index (χ3v) is 5.41. The van der Waals surface area contributed by atoms with E-state index in [1.165, 1.54) is 12.1 Å². The van der Waals surface area contributed by atoms with Crippen molar-refractivity contribution in [2.24, 2.45) is 7.05 Å². The van der Waals surface area contributed by atoms with Crippen molar-refractivity contribution < 1.29 is 17.9 Å². The molecule has 10 heteroatoms. The molecule has 0 atom stereocenters. The van der Waals surface area contributed by atoms with Crippen LogP contribution in [0.4, 0.5) is 24.7 Å². The van der Waals surface area contributed by atoms with Gasteiger partial charge in [-0.15, -0.1) is 0 Å². The van der Waals surface area contributed by atoms with Crippen molar-refractivity contribution in [3.05, 3.63) is 65.6 Å².